The van der Waals surface area contributed by atoms with Crippen molar-refractivity contribution in [2.75, 3.05) is 13.1 Å². The molecule has 162 valence electrons. The minimum atomic E-state index is -3.51. The van der Waals surface area contributed by atoms with Crippen LogP contribution in [-0.4, -0.2) is 42.7 Å². The van der Waals surface area contributed by atoms with Gasteiger partial charge in [-0.2, -0.15) is 4.31 Å². The number of piperidine rings is 1. The molecule has 0 aliphatic carbocycles. The van der Waals surface area contributed by atoms with E-state index in [0.29, 0.717) is 37.4 Å². The molecule has 30 heavy (non-hydrogen) atoms. The van der Waals surface area contributed by atoms with Gasteiger partial charge in [-0.3, -0.25) is 4.79 Å². The summed E-state index contributed by atoms with van der Waals surface area (Å²) in [5.74, 6) is 0.00719. The summed E-state index contributed by atoms with van der Waals surface area (Å²) in [6, 6.07) is 17.1. The maximum absolute atomic E-state index is 13.3. The van der Waals surface area contributed by atoms with E-state index in [1.165, 1.54) is 4.31 Å². The van der Waals surface area contributed by atoms with Crippen LogP contribution in [-0.2, 0) is 21.4 Å². The summed E-state index contributed by atoms with van der Waals surface area (Å²) in [6.45, 7) is 7.46. The van der Waals surface area contributed by atoms with Crippen LogP contribution in [0.3, 0.4) is 0 Å². The molecule has 1 fully saturated rings. The first-order valence-electron chi connectivity index (χ1n) is 10.7. The molecule has 0 bridgehead atoms. The van der Waals surface area contributed by atoms with Gasteiger partial charge in [-0.1, -0.05) is 55.0 Å². The lowest BCUT2D eigenvalue weighted by Gasteiger charge is -2.36. The molecule has 5 nitrogen and oxygen atoms in total. The van der Waals surface area contributed by atoms with Crippen molar-refractivity contribution in [1.29, 1.82) is 0 Å². The van der Waals surface area contributed by atoms with E-state index in [1.807, 2.05) is 54.3 Å². The van der Waals surface area contributed by atoms with E-state index in [1.54, 1.807) is 12.1 Å². The van der Waals surface area contributed by atoms with E-state index in [0.717, 1.165) is 17.5 Å². The van der Waals surface area contributed by atoms with Gasteiger partial charge in [-0.05, 0) is 50.8 Å². The van der Waals surface area contributed by atoms with E-state index in [2.05, 4.69) is 13.8 Å². The summed E-state index contributed by atoms with van der Waals surface area (Å²) < 4.78 is 27.4. The molecule has 0 aromatic heterocycles. The Morgan fingerprint density at radius 3 is 2.23 bits per heavy atom. The Labute approximate surface area is 180 Å². The van der Waals surface area contributed by atoms with E-state index < -0.39 is 10.0 Å². The Morgan fingerprint density at radius 1 is 1.07 bits per heavy atom. The SMILES string of the molecule is CC[C@H](C)N(Cc1ccccc1)C(=O)C1CCN(S(=O)(=O)c2ccc(C)cc2)CC1. The number of aryl methyl sites for hydroxylation is 1. The number of nitrogens with zero attached hydrogens (tertiary/aromatic N) is 2. The first-order valence-corrected chi connectivity index (χ1v) is 12.2. The first kappa shape index (κ1) is 22.5. The average molecular weight is 429 g/mol. The molecule has 0 unspecified atom stereocenters. The van der Waals surface area contributed by atoms with Gasteiger partial charge >= 0.3 is 0 Å². The fourth-order valence-corrected chi connectivity index (χ4v) is 5.36. The second-order valence-corrected chi connectivity index (χ2v) is 10.1. The smallest absolute Gasteiger partial charge is 0.243 e. The molecule has 1 atom stereocenters. The van der Waals surface area contributed by atoms with Gasteiger partial charge in [0.1, 0.15) is 0 Å². The largest absolute Gasteiger partial charge is 0.335 e. The van der Waals surface area contributed by atoms with Gasteiger partial charge in [0.15, 0.2) is 0 Å². The average Bonchev–Trinajstić information content (AvgIpc) is 2.77. The van der Waals surface area contributed by atoms with Gasteiger partial charge < -0.3 is 4.90 Å². The fraction of sp³-hybridized carbons (Fsp3) is 0.458. The van der Waals surface area contributed by atoms with Gasteiger partial charge in [-0.15, -0.1) is 0 Å². The Hall–Kier alpha value is -2.18. The van der Waals surface area contributed by atoms with Crippen LogP contribution in [0.5, 0.6) is 0 Å². The summed E-state index contributed by atoms with van der Waals surface area (Å²) in [6.07, 6.45) is 2.01. The van der Waals surface area contributed by atoms with Crippen LogP contribution in [0.15, 0.2) is 59.5 Å². The van der Waals surface area contributed by atoms with Crippen molar-refractivity contribution in [2.24, 2.45) is 5.92 Å². The van der Waals surface area contributed by atoms with Crippen molar-refractivity contribution < 1.29 is 13.2 Å². The van der Waals surface area contributed by atoms with E-state index >= 15 is 0 Å². The highest BCUT2D eigenvalue weighted by atomic mass is 32.2. The molecule has 1 saturated heterocycles. The minimum absolute atomic E-state index is 0.132. The Kier molecular flexibility index (Phi) is 7.32. The summed E-state index contributed by atoms with van der Waals surface area (Å²) in [7, 11) is -3.51. The predicted molar refractivity (Wildman–Crippen MR) is 119 cm³/mol. The van der Waals surface area contributed by atoms with E-state index in [9.17, 15) is 13.2 Å². The molecule has 3 rings (SSSR count). The van der Waals surface area contributed by atoms with Crippen LogP contribution in [0.1, 0.15) is 44.2 Å². The lowest BCUT2D eigenvalue weighted by molar-refractivity contribution is -0.139. The number of hydrogen-bond donors (Lipinski definition) is 0. The van der Waals surface area contributed by atoms with Crippen LogP contribution in [0.4, 0.5) is 0 Å². The maximum atomic E-state index is 13.3. The number of sulfonamides is 1. The molecular weight excluding hydrogens is 396 g/mol. The minimum Gasteiger partial charge on any atom is -0.335 e. The van der Waals surface area contributed by atoms with Crippen LogP contribution >= 0.6 is 0 Å². The molecule has 1 aliphatic heterocycles. The Bertz CT molecular complexity index is 934. The van der Waals surface area contributed by atoms with Gasteiger partial charge in [0.25, 0.3) is 0 Å². The van der Waals surface area contributed by atoms with Crippen LogP contribution < -0.4 is 0 Å². The number of benzene rings is 2. The predicted octanol–water partition coefficient (Wildman–Crippen LogP) is 4.22. The van der Waals surface area contributed by atoms with Crippen molar-refractivity contribution in [3.8, 4) is 0 Å². The molecule has 2 aromatic rings. The van der Waals surface area contributed by atoms with Gasteiger partial charge in [0.2, 0.25) is 15.9 Å². The second-order valence-electron chi connectivity index (χ2n) is 8.20. The van der Waals surface area contributed by atoms with Crippen LogP contribution in [0.2, 0.25) is 0 Å². The maximum Gasteiger partial charge on any atom is 0.243 e. The highest BCUT2D eigenvalue weighted by Crippen LogP contribution is 2.27. The normalized spacial score (nSPS) is 16.9. The molecule has 0 saturated carbocycles. The first-order chi connectivity index (χ1) is 14.3. The molecule has 0 N–H and O–H groups in total. The van der Waals surface area contributed by atoms with E-state index in [-0.39, 0.29) is 17.9 Å². The molecule has 0 radical (unpaired) electrons. The van der Waals surface area contributed by atoms with Gasteiger partial charge in [0.05, 0.1) is 4.90 Å². The summed E-state index contributed by atoms with van der Waals surface area (Å²) >= 11 is 0. The van der Waals surface area contributed by atoms with Crippen molar-refractivity contribution in [3.63, 3.8) is 0 Å². The number of carbonyl (C=O) groups is 1. The highest BCUT2D eigenvalue weighted by molar-refractivity contribution is 7.89. The van der Waals surface area contributed by atoms with Crippen molar-refractivity contribution in [2.45, 2.75) is 57.5 Å². The number of rotatable bonds is 7. The zero-order valence-corrected chi connectivity index (χ0v) is 18.9. The molecule has 1 aliphatic rings. The third kappa shape index (κ3) is 5.10. The number of hydrogen-bond acceptors (Lipinski definition) is 3. The standard InChI is InChI=1S/C24H32N2O3S/c1-4-20(3)26(18-21-8-6-5-7-9-21)24(27)22-14-16-25(17-15-22)30(28,29)23-12-10-19(2)11-13-23/h5-13,20,22H,4,14-18H2,1-3H3/t20-/m0/s1. The summed E-state index contributed by atoms with van der Waals surface area (Å²) in [4.78, 5) is 15.6. The molecule has 1 heterocycles. The second kappa shape index (κ2) is 9.75. The van der Waals surface area contributed by atoms with Crippen molar-refractivity contribution >= 4 is 15.9 Å². The third-order valence-electron chi connectivity index (χ3n) is 6.06. The zero-order chi connectivity index (χ0) is 21.7. The zero-order valence-electron chi connectivity index (χ0n) is 18.1. The molecular formula is C24H32N2O3S. The highest BCUT2D eigenvalue weighted by Gasteiger charge is 2.34. The monoisotopic (exact) mass is 428 g/mol. The lowest BCUT2D eigenvalue weighted by Crippen LogP contribution is -2.46. The number of amides is 1. The number of carbonyl (C=O) groups excluding carboxylic acids is 1. The lowest BCUT2D eigenvalue weighted by atomic mass is 9.95. The quantitative estimate of drug-likeness (QED) is 0.663. The van der Waals surface area contributed by atoms with Crippen LogP contribution in [0, 0.1) is 12.8 Å². The Morgan fingerprint density at radius 2 is 1.67 bits per heavy atom. The van der Waals surface area contributed by atoms with Crippen molar-refractivity contribution in [3.05, 3.63) is 65.7 Å². The van der Waals surface area contributed by atoms with E-state index in [4.69, 9.17) is 0 Å². The topological polar surface area (TPSA) is 57.7 Å². The van der Waals surface area contributed by atoms with Crippen LogP contribution in [0.25, 0.3) is 0 Å². The van der Waals surface area contributed by atoms with Gasteiger partial charge in [-0.25, -0.2) is 8.42 Å². The molecule has 1 amide bonds. The fourth-order valence-electron chi connectivity index (χ4n) is 3.89. The van der Waals surface area contributed by atoms with Gasteiger partial charge in [0, 0.05) is 31.6 Å². The summed E-state index contributed by atoms with van der Waals surface area (Å²) in [5.41, 5.74) is 2.15. The molecule has 6 heteroatoms. The molecule has 0 spiro atoms. The van der Waals surface area contributed by atoms with Crippen molar-refractivity contribution in [1.82, 2.24) is 9.21 Å². The third-order valence-corrected chi connectivity index (χ3v) is 7.98. The Balaban J connectivity index is 1.67. The molecule has 2 aromatic carbocycles. The summed E-state index contributed by atoms with van der Waals surface area (Å²) in [5, 5.41) is 0.